The first-order chi connectivity index (χ1) is 10.9. The first kappa shape index (κ1) is 17.3. The molecule has 0 unspecified atom stereocenters. The maximum Gasteiger partial charge on any atom is 0.326 e. The lowest BCUT2D eigenvalue weighted by atomic mass is 10.1. The zero-order valence-electron chi connectivity index (χ0n) is 13.4. The highest BCUT2D eigenvalue weighted by atomic mass is 32.2. The summed E-state index contributed by atoms with van der Waals surface area (Å²) in [6, 6.07) is 7.61. The van der Waals surface area contributed by atoms with Gasteiger partial charge in [-0.3, -0.25) is 19.3 Å². The standard InChI is InChI=1S/C17H19NO4S/c1-11(2)10-22-15(19)9-18-16(20)14(23-17(18)21)8-13-6-4-12(3)5-7-13/h4-8,11H,9-10H2,1-3H3/b14-8+. The van der Waals surface area contributed by atoms with Crippen LogP contribution in [0.3, 0.4) is 0 Å². The zero-order valence-corrected chi connectivity index (χ0v) is 14.2. The van der Waals surface area contributed by atoms with Crippen molar-refractivity contribution in [1.82, 2.24) is 4.90 Å². The molecule has 1 heterocycles. The number of hydrogen-bond donors (Lipinski definition) is 0. The van der Waals surface area contributed by atoms with Crippen LogP contribution in [0.25, 0.3) is 6.08 Å². The van der Waals surface area contributed by atoms with E-state index in [2.05, 4.69) is 0 Å². The molecule has 0 bridgehead atoms. The van der Waals surface area contributed by atoms with Crippen molar-refractivity contribution in [2.75, 3.05) is 13.2 Å². The van der Waals surface area contributed by atoms with Crippen LogP contribution >= 0.6 is 11.8 Å². The van der Waals surface area contributed by atoms with Crippen molar-refractivity contribution in [3.63, 3.8) is 0 Å². The number of nitrogens with zero attached hydrogens (tertiary/aromatic N) is 1. The van der Waals surface area contributed by atoms with Crippen molar-refractivity contribution in [2.45, 2.75) is 20.8 Å². The summed E-state index contributed by atoms with van der Waals surface area (Å²) in [6.45, 7) is 5.73. The van der Waals surface area contributed by atoms with Crippen molar-refractivity contribution in [1.29, 1.82) is 0 Å². The molecule has 2 rings (SSSR count). The molecule has 0 saturated carbocycles. The predicted octanol–water partition coefficient (Wildman–Crippen LogP) is 3.23. The second kappa shape index (κ2) is 7.46. The van der Waals surface area contributed by atoms with E-state index in [4.69, 9.17) is 4.74 Å². The molecule has 5 nitrogen and oxygen atoms in total. The van der Waals surface area contributed by atoms with Crippen LogP contribution in [-0.4, -0.2) is 35.2 Å². The molecule has 23 heavy (non-hydrogen) atoms. The third-order valence-electron chi connectivity index (χ3n) is 3.11. The van der Waals surface area contributed by atoms with Gasteiger partial charge in [0.15, 0.2) is 0 Å². The number of ether oxygens (including phenoxy) is 1. The van der Waals surface area contributed by atoms with Crippen LogP contribution in [0.15, 0.2) is 29.2 Å². The van der Waals surface area contributed by atoms with Crippen LogP contribution in [0.2, 0.25) is 0 Å². The second-order valence-corrected chi connectivity index (χ2v) is 6.75. The van der Waals surface area contributed by atoms with Gasteiger partial charge >= 0.3 is 5.97 Å². The Morgan fingerprint density at radius 2 is 1.91 bits per heavy atom. The molecule has 0 aliphatic carbocycles. The van der Waals surface area contributed by atoms with Crippen molar-refractivity contribution in [3.05, 3.63) is 40.3 Å². The molecule has 122 valence electrons. The number of aryl methyl sites for hydroxylation is 1. The molecule has 0 radical (unpaired) electrons. The third-order valence-corrected chi connectivity index (χ3v) is 4.02. The highest BCUT2D eigenvalue weighted by Gasteiger charge is 2.36. The Hall–Kier alpha value is -2.08. The average molecular weight is 333 g/mol. The molecule has 0 spiro atoms. The highest BCUT2D eigenvalue weighted by Crippen LogP contribution is 2.32. The molecule has 1 aliphatic rings. The second-order valence-electron chi connectivity index (χ2n) is 5.76. The maximum atomic E-state index is 12.3. The van der Waals surface area contributed by atoms with Crippen molar-refractivity contribution < 1.29 is 19.1 Å². The Labute approximate surface area is 139 Å². The fourth-order valence-corrected chi connectivity index (χ4v) is 2.72. The van der Waals surface area contributed by atoms with Crippen LogP contribution in [0.4, 0.5) is 4.79 Å². The summed E-state index contributed by atoms with van der Waals surface area (Å²) in [4.78, 5) is 37.1. The fourth-order valence-electron chi connectivity index (χ4n) is 1.88. The molecular formula is C17H19NO4S. The van der Waals surface area contributed by atoms with Crippen molar-refractivity contribution in [3.8, 4) is 0 Å². The molecule has 0 N–H and O–H groups in total. The number of carbonyl (C=O) groups is 3. The van der Waals surface area contributed by atoms with E-state index in [1.165, 1.54) is 0 Å². The monoisotopic (exact) mass is 333 g/mol. The lowest BCUT2D eigenvalue weighted by Crippen LogP contribution is -2.34. The number of carbonyl (C=O) groups excluding carboxylic acids is 3. The minimum atomic E-state index is -0.572. The first-order valence-corrected chi connectivity index (χ1v) is 8.16. The number of imide groups is 1. The number of esters is 1. The smallest absolute Gasteiger partial charge is 0.326 e. The summed E-state index contributed by atoms with van der Waals surface area (Å²) in [5.41, 5.74) is 1.95. The molecule has 2 amide bonds. The van der Waals surface area contributed by atoms with Gasteiger partial charge in [0, 0.05) is 0 Å². The molecular weight excluding hydrogens is 314 g/mol. The quantitative estimate of drug-likeness (QED) is 0.611. The topological polar surface area (TPSA) is 63.7 Å². The van der Waals surface area contributed by atoms with Gasteiger partial charge < -0.3 is 4.74 Å². The van der Waals surface area contributed by atoms with Gasteiger partial charge in [-0.05, 0) is 36.2 Å². The summed E-state index contributed by atoms with van der Waals surface area (Å²) in [7, 11) is 0. The molecule has 1 fully saturated rings. The number of amides is 2. The maximum absolute atomic E-state index is 12.3. The largest absolute Gasteiger partial charge is 0.464 e. The van der Waals surface area contributed by atoms with Gasteiger partial charge in [-0.25, -0.2) is 0 Å². The molecule has 0 atom stereocenters. The van der Waals surface area contributed by atoms with Crippen molar-refractivity contribution in [2.24, 2.45) is 5.92 Å². The molecule has 1 aliphatic heterocycles. The zero-order chi connectivity index (χ0) is 17.0. The highest BCUT2D eigenvalue weighted by molar-refractivity contribution is 8.18. The van der Waals surface area contributed by atoms with Crippen molar-refractivity contribution >= 4 is 35.0 Å². The predicted molar refractivity (Wildman–Crippen MR) is 89.7 cm³/mol. The summed E-state index contributed by atoms with van der Waals surface area (Å²) in [5, 5.41) is -0.449. The SMILES string of the molecule is Cc1ccc(/C=C2/SC(=O)N(CC(=O)OCC(C)C)C2=O)cc1. The van der Waals surface area contributed by atoms with Gasteiger partial charge in [-0.1, -0.05) is 43.7 Å². The molecule has 1 saturated heterocycles. The summed E-state index contributed by atoms with van der Waals surface area (Å²) < 4.78 is 5.01. The lowest BCUT2D eigenvalue weighted by Gasteiger charge is -2.12. The van der Waals surface area contributed by atoms with E-state index >= 15 is 0 Å². The molecule has 1 aromatic rings. The number of thioether (sulfide) groups is 1. The van der Waals surface area contributed by atoms with Crippen LogP contribution in [0, 0.1) is 12.8 Å². The summed E-state index contributed by atoms with van der Waals surface area (Å²) in [6.07, 6.45) is 1.66. The van der Waals surface area contributed by atoms with Gasteiger partial charge in [-0.2, -0.15) is 0 Å². The van der Waals surface area contributed by atoms with Crippen LogP contribution in [-0.2, 0) is 14.3 Å². The van der Waals surface area contributed by atoms with E-state index < -0.39 is 17.1 Å². The average Bonchev–Trinajstić information content (AvgIpc) is 2.75. The Kier molecular flexibility index (Phi) is 5.60. The minimum absolute atomic E-state index is 0.204. The molecule has 6 heteroatoms. The van der Waals surface area contributed by atoms with E-state index in [1.807, 2.05) is 45.0 Å². The Bertz CT molecular complexity index is 649. The fraction of sp³-hybridized carbons (Fsp3) is 0.353. The summed E-state index contributed by atoms with van der Waals surface area (Å²) in [5.74, 6) is -0.824. The van der Waals surface area contributed by atoms with E-state index in [0.717, 1.165) is 27.8 Å². The third kappa shape index (κ3) is 4.69. The molecule has 1 aromatic carbocycles. The number of benzene rings is 1. The van der Waals surface area contributed by atoms with E-state index in [-0.39, 0.29) is 19.1 Å². The van der Waals surface area contributed by atoms with Gasteiger partial charge in [0.25, 0.3) is 11.1 Å². The lowest BCUT2D eigenvalue weighted by molar-refractivity contribution is -0.147. The van der Waals surface area contributed by atoms with Crippen LogP contribution in [0.1, 0.15) is 25.0 Å². The van der Waals surface area contributed by atoms with Gasteiger partial charge in [-0.15, -0.1) is 0 Å². The molecule has 0 aromatic heterocycles. The Morgan fingerprint density at radius 3 is 2.52 bits per heavy atom. The van der Waals surface area contributed by atoms with E-state index in [0.29, 0.717) is 4.91 Å². The van der Waals surface area contributed by atoms with Crippen LogP contribution in [0.5, 0.6) is 0 Å². The van der Waals surface area contributed by atoms with E-state index in [1.54, 1.807) is 6.08 Å². The van der Waals surface area contributed by atoms with Gasteiger partial charge in [0.05, 0.1) is 11.5 Å². The Morgan fingerprint density at radius 1 is 1.26 bits per heavy atom. The number of hydrogen-bond acceptors (Lipinski definition) is 5. The van der Waals surface area contributed by atoms with E-state index in [9.17, 15) is 14.4 Å². The van der Waals surface area contributed by atoms with Gasteiger partial charge in [0.1, 0.15) is 6.54 Å². The number of rotatable bonds is 5. The normalized spacial score (nSPS) is 16.5. The minimum Gasteiger partial charge on any atom is -0.464 e. The first-order valence-electron chi connectivity index (χ1n) is 7.34. The Balaban J connectivity index is 2.04. The van der Waals surface area contributed by atoms with Gasteiger partial charge in [0.2, 0.25) is 0 Å². The summed E-state index contributed by atoms with van der Waals surface area (Å²) >= 11 is 0.838. The van der Waals surface area contributed by atoms with Crippen LogP contribution < -0.4 is 0 Å².